The third-order valence-electron chi connectivity index (χ3n) is 2.49. The maximum atomic E-state index is 7.27. The van der Waals surface area contributed by atoms with E-state index in [0.29, 0.717) is 11.3 Å². The molecule has 18 heavy (non-hydrogen) atoms. The summed E-state index contributed by atoms with van der Waals surface area (Å²) in [5.41, 5.74) is 7.92. The van der Waals surface area contributed by atoms with E-state index in [2.05, 4.69) is 23.3 Å². The molecule has 0 aliphatic heterocycles. The predicted molar refractivity (Wildman–Crippen MR) is 79.8 cm³/mol. The topological polar surface area (TPSA) is 74.3 Å². The highest BCUT2D eigenvalue weighted by Gasteiger charge is 2.00. The number of hydrogen-bond donors (Lipinski definition) is 3. The third kappa shape index (κ3) is 4.05. The molecule has 96 valence electrons. The number of amidine groups is 1. The summed E-state index contributed by atoms with van der Waals surface area (Å²) >= 11 is 0. The molecule has 0 fully saturated rings. The van der Waals surface area contributed by atoms with Gasteiger partial charge in [-0.05, 0) is 30.7 Å². The molecule has 1 aromatic carbocycles. The monoisotopic (exact) mass is 244 g/mol. The number of anilines is 2. The number of allylic oxidation sites excluding steroid dienone is 1. The number of unbranched alkanes of at least 4 members (excludes halogenated alkanes) is 1. The second-order valence-corrected chi connectivity index (χ2v) is 3.91. The maximum Gasteiger partial charge on any atom is 0.124 e. The van der Waals surface area contributed by atoms with Gasteiger partial charge < -0.3 is 16.5 Å². The fourth-order valence-corrected chi connectivity index (χ4v) is 1.46. The van der Waals surface area contributed by atoms with Crippen molar-refractivity contribution in [3.05, 3.63) is 35.9 Å². The number of hydrogen-bond acceptors (Lipinski definition) is 3. The molecule has 0 atom stereocenters. The summed E-state index contributed by atoms with van der Waals surface area (Å²) in [4.78, 5) is 4.16. The molecule has 1 rings (SSSR count). The summed E-state index contributed by atoms with van der Waals surface area (Å²) < 4.78 is 0. The van der Waals surface area contributed by atoms with Crippen molar-refractivity contribution in [3.8, 4) is 0 Å². The molecule has 0 radical (unpaired) electrons. The summed E-state index contributed by atoms with van der Waals surface area (Å²) in [6, 6.07) is 5.49. The molecule has 0 aliphatic carbocycles. The third-order valence-corrected chi connectivity index (χ3v) is 2.49. The van der Waals surface area contributed by atoms with Crippen LogP contribution in [0.15, 0.2) is 35.3 Å². The van der Waals surface area contributed by atoms with Gasteiger partial charge in [0, 0.05) is 30.2 Å². The first-order chi connectivity index (χ1) is 8.71. The zero-order chi connectivity index (χ0) is 13.4. The molecule has 4 nitrogen and oxygen atoms in total. The lowest BCUT2D eigenvalue weighted by molar-refractivity contribution is 0.959. The highest BCUT2D eigenvalue weighted by atomic mass is 15.0. The number of nitrogen functional groups attached to an aromatic ring is 1. The number of aliphatic imine (C=N–C) groups is 1. The van der Waals surface area contributed by atoms with Crippen molar-refractivity contribution in [2.75, 3.05) is 18.1 Å². The summed E-state index contributed by atoms with van der Waals surface area (Å²) in [7, 11) is 1.74. The Kier molecular flexibility index (Phi) is 5.64. The first-order valence-electron chi connectivity index (χ1n) is 6.01. The van der Waals surface area contributed by atoms with E-state index in [1.54, 1.807) is 13.1 Å². The molecular weight excluding hydrogens is 224 g/mol. The molecule has 0 aliphatic rings. The Labute approximate surface area is 108 Å². The first-order valence-corrected chi connectivity index (χ1v) is 6.01. The summed E-state index contributed by atoms with van der Waals surface area (Å²) in [6.07, 6.45) is 7.45. The average Bonchev–Trinajstić information content (AvgIpc) is 2.39. The van der Waals surface area contributed by atoms with Gasteiger partial charge in [0.25, 0.3) is 0 Å². The minimum Gasteiger partial charge on any atom is -0.398 e. The predicted octanol–water partition coefficient (Wildman–Crippen LogP) is 3.06. The molecule has 4 heteroatoms. The molecule has 0 heterocycles. The van der Waals surface area contributed by atoms with Crippen LogP contribution >= 0.6 is 0 Å². The number of rotatable bonds is 5. The lowest BCUT2D eigenvalue weighted by atomic mass is 10.1. The Morgan fingerprint density at radius 2 is 2.28 bits per heavy atom. The van der Waals surface area contributed by atoms with Crippen molar-refractivity contribution >= 4 is 23.4 Å². The maximum absolute atomic E-state index is 7.27. The summed E-state index contributed by atoms with van der Waals surface area (Å²) in [5.74, 6) is 0.796. The average molecular weight is 244 g/mol. The molecule has 0 amide bonds. The van der Waals surface area contributed by atoms with Crippen molar-refractivity contribution < 1.29 is 0 Å². The molecular formula is C14H20N4. The van der Waals surface area contributed by atoms with Gasteiger partial charge in [-0.3, -0.25) is 4.99 Å². The van der Waals surface area contributed by atoms with Gasteiger partial charge in [0.15, 0.2) is 0 Å². The van der Waals surface area contributed by atoms with Gasteiger partial charge >= 0.3 is 0 Å². The van der Waals surface area contributed by atoms with Crippen LogP contribution in [0.5, 0.6) is 0 Å². The van der Waals surface area contributed by atoms with E-state index in [1.165, 1.54) is 6.21 Å². The van der Waals surface area contributed by atoms with Gasteiger partial charge in [0.05, 0.1) is 0 Å². The normalized spacial score (nSPS) is 11.8. The lowest BCUT2D eigenvalue weighted by Gasteiger charge is -2.08. The Hall–Kier alpha value is -2.10. The Balaban J connectivity index is 2.79. The molecule has 1 aromatic rings. The minimum absolute atomic E-state index is 0.604. The smallest absolute Gasteiger partial charge is 0.124 e. The largest absolute Gasteiger partial charge is 0.398 e. The SMILES string of the molecule is CCC/C=C\C(=NC)Nc1ccc(N)c(C=N)c1. The Bertz CT molecular complexity index is 461. The summed E-state index contributed by atoms with van der Waals surface area (Å²) in [6.45, 7) is 2.14. The zero-order valence-electron chi connectivity index (χ0n) is 10.9. The van der Waals surface area contributed by atoms with E-state index in [1.807, 2.05) is 18.2 Å². The molecule has 0 saturated carbocycles. The lowest BCUT2D eigenvalue weighted by Crippen LogP contribution is -2.09. The second-order valence-electron chi connectivity index (χ2n) is 3.91. The van der Waals surface area contributed by atoms with Crippen LogP contribution in [-0.4, -0.2) is 19.1 Å². The van der Waals surface area contributed by atoms with Crippen molar-refractivity contribution in [2.24, 2.45) is 4.99 Å². The van der Waals surface area contributed by atoms with Crippen LogP contribution in [0.3, 0.4) is 0 Å². The van der Waals surface area contributed by atoms with Crippen LogP contribution in [0.1, 0.15) is 25.3 Å². The van der Waals surface area contributed by atoms with Crippen molar-refractivity contribution in [1.82, 2.24) is 0 Å². The minimum atomic E-state index is 0.604. The van der Waals surface area contributed by atoms with Crippen LogP contribution in [0, 0.1) is 5.41 Å². The van der Waals surface area contributed by atoms with Gasteiger partial charge in [-0.2, -0.15) is 0 Å². The highest BCUT2D eigenvalue weighted by molar-refractivity contribution is 6.04. The molecule has 0 aromatic heterocycles. The van der Waals surface area contributed by atoms with E-state index in [4.69, 9.17) is 11.1 Å². The van der Waals surface area contributed by atoms with Gasteiger partial charge in [-0.15, -0.1) is 0 Å². The van der Waals surface area contributed by atoms with E-state index >= 15 is 0 Å². The van der Waals surface area contributed by atoms with E-state index < -0.39 is 0 Å². The molecule has 0 bridgehead atoms. The molecule has 0 spiro atoms. The number of nitrogens with two attached hydrogens (primary N) is 1. The van der Waals surface area contributed by atoms with Gasteiger partial charge in [0.1, 0.15) is 5.84 Å². The second kappa shape index (κ2) is 7.27. The Morgan fingerprint density at radius 1 is 1.50 bits per heavy atom. The fourth-order valence-electron chi connectivity index (χ4n) is 1.46. The van der Waals surface area contributed by atoms with Crippen molar-refractivity contribution in [2.45, 2.75) is 19.8 Å². The quantitative estimate of drug-likeness (QED) is 0.423. The van der Waals surface area contributed by atoms with Crippen LogP contribution in [0.25, 0.3) is 0 Å². The standard InChI is InChI=1S/C14H20N4/c1-3-4-5-6-14(17-2)18-12-7-8-13(16)11(9-12)10-15/h5-10,15H,3-4,16H2,1-2H3,(H,17,18)/b6-5-,15-10?. The van der Waals surface area contributed by atoms with Gasteiger partial charge in [-0.25, -0.2) is 0 Å². The molecule has 0 unspecified atom stereocenters. The number of nitrogens with zero attached hydrogens (tertiary/aromatic N) is 1. The summed E-state index contributed by atoms with van der Waals surface area (Å²) in [5, 5.41) is 10.5. The van der Waals surface area contributed by atoms with Crippen LogP contribution in [-0.2, 0) is 0 Å². The van der Waals surface area contributed by atoms with Crippen LogP contribution in [0.4, 0.5) is 11.4 Å². The van der Waals surface area contributed by atoms with Crippen LogP contribution in [0.2, 0.25) is 0 Å². The van der Waals surface area contributed by atoms with E-state index in [-0.39, 0.29) is 0 Å². The molecule has 0 saturated heterocycles. The Morgan fingerprint density at radius 3 is 2.89 bits per heavy atom. The number of benzene rings is 1. The van der Waals surface area contributed by atoms with Gasteiger partial charge in [0.2, 0.25) is 0 Å². The van der Waals surface area contributed by atoms with E-state index in [9.17, 15) is 0 Å². The van der Waals surface area contributed by atoms with Gasteiger partial charge in [-0.1, -0.05) is 19.4 Å². The first kappa shape index (κ1) is 14.0. The fraction of sp³-hybridized carbons (Fsp3) is 0.286. The zero-order valence-corrected chi connectivity index (χ0v) is 10.9. The highest BCUT2D eigenvalue weighted by Crippen LogP contribution is 2.16. The van der Waals surface area contributed by atoms with E-state index in [0.717, 1.165) is 24.4 Å². The molecule has 4 N–H and O–H groups in total. The van der Waals surface area contributed by atoms with Crippen LogP contribution < -0.4 is 11.1 Å². The number of nitrogens with one attached hydrogen (secondary N) is 2. The van der Waals surface area contributed by atoms with Crippen molar-refractivity contribution in [3.63, 3.8) is 0 Å². The van der Waals surface area contributed by atoms with Crippen molar-refractivity contribution in [1.29, 1.82) is 5.41 Å².